The summed E-state index contributed by atoms with van der Waals surface area (Å²) in [6.07, 6.45) is 0.938. The zero-order chi connectivity index (χ0) is 19.7. The summed E-state index contributed by atoms with van der Waals surface area (Å²) >= 11 is 6.18. The molecular formula is C20H16ClNO6. The number of hydrogen-bond donors (Lipinski definition) is 1. The average Bonchev–Trinajstić information content (AvgIpc) is 2.88. The third-order valence-electron chi connectivity index (χ3n) is 4.42. The predicted molar refractivity (Wildman–Crippen MR) is 100 cm³/mol. The van der Waals surface area contributed by atoms with Gasteiger partial charge in [-0.05, 0) is 35.9 Å². The number of fused-ring (bicyclic) bond motifs is 2. The van der Waals surface area contributed by atoms with Gasteiger partial charge in [0, 0.05) is 17.7 Å². The molecule has 0 saturated heterocycles. The maximum absolute atomic E-state index is 12.4. The minimum atomic E-state index is -0.691. The molecule has 2 aromatic carbocycles. The number of esters is 1. The molecule has 0 atom stereocenters. The zero-order valence-corrected chi connectivity index (χ0v) is 15.5. The van der Waals surface area contributed by atoms with E-state index in [1.54, 1.807) is 18.2 Å². The number of halogens is 1. The number of benzene rings is 2. The molecule has 0 aromatic heterocycles. The number of hydrogen-bond acceptors (Lipinski definition) is 6. The number of anilines is 1. The maximum atomic E-state index is 12.4. The molecule has 0 radical (unpaired) electrons. The summed E-state index contributed by atoms with van der Waals surface area (Å²) in [6.45, 7) is 0.508. The Hall–Kier alpha value is -3.06. The number of carbonyl (C=O) groups excluding carboxylic acids is 3. The second-order valence-corrected chi connectivity index (χ2v) is 6.84. The first-order valence-corrected chi connectivity index (χ1v) is 9.11. The summed E-state index contributed by atoms with van der Waals surface area (Å²) in [5.74, 6) is -0.399. The van der Waals surface area contributed by atoms with Crippen LogP contribution in [0.1, 0.15) is 32.7 Å². The Balaban J connectivity index is 1.44. The van der Waals surface area contributed by atoms with Crippen LogP contribution in [-0.2, 0) is 16.0 Å². The average molecular weight is 402 g/mol. The highest BCUT2D eigenvalue weighted by Gasteiger charge is 2.22. The Morgan fingerprint density at radius 1 is 1.11 bits per heavy atom. The van der Waals surface area contributed by atoms with Gasteiger partial charge in [0.1, 0.15) is 0 Å². The van der Waals surface area contributed by atoms with Crippen molar-refractivity contribution in [3.8, 4) is 11.5 Å². The van der Waals surface area contributed by atoms with Crippen molar-refractivity contribution in [2.75, 3.05) is 25.1 Å². The molecule has 1 amide bonds. The Labute approximate surface area is 165 Å². The Morgan fingerprint density at radius 2 is 1.93 bits per heavy atom. The van der Waals surface area contributed by atoms with Crippen molar-refractivity contribution in [3.05, 3.63) is 52.0 Å². The predicted octanol–water partition coefficient (Wildman–Crippen LogP) is 3.04. The fourth-order valence-electron chi connectivity index (χ4n) is 3.05. The van der Waals surface area contributed by atoms with E-state index in [9.17, 15) is 14.4 Å². The summed E-state index contributed by atoms with van der Waals surface area (Å²) in [4.78, 5) is 36.1. The molecule has 7 nitrogen and oxygen atoms in total. The van der Waals surface area contributed by atoms with Gasteiger partial charge in [0.2, 0.25) is 5.91 Å². The van der Waals surface area contributed by atoms with Crippen LogP contribution >= 0.6 is 11.6 Å². The van der Waals surface area contributed by atoms with E-state index in [2.05, 4.69) is 5.32 Å². The van der Waals surface area contributed by atoms with E-state index in [-0.39, 0.29) is 28.7 Å². The molecule has 0 spiro atoms. The van der Waals surface area contributed by atoms with Crippen molar-refractivity contribution in [2.45, 2.75) is 12.8 Å². The highest BCUT2D eigenvalue weighted by molar-refractivity contribution is 6.32. The molecule has 2 heterocycles. The van der Waals surface area contributed by atoms with E-state index in [1.165, 1.54) is 12.1 Å². The van der Waals surface area contributed by atoms with Crippen LogP contribution < -0.4 is 14.8 Å². The fourth-order valence-corrected chi connectivity index (χ4v) is 3.31. The minimum Gasteiger partial charge on any atom is -0.489 e. The lowest BCUT2D eigenvalue weighted by Gasteiger charge is -2.11. The SMILES string of the molecule is O=C1Cc2cc(C(=O)COC(=O)c3cc(Cl)c4c(c3)OCCCO4)ccc2N1. The van der Waals surface area contributed by atoms with Crippen LogP contribution in [0.2, 0.25) is 5.02 Å². The Bertz CT molecular complexity index is 987. The van der Waals surface area contributed by atoms with Crippen molar-refractivity contribution in [1.82, 2.24) is 0 Å². The van der Waals surface area contributed by atoms with Gasteiger partial charge in [-0.25, -0.2) is 4.79 Å². The molecule has 8 heteroatoms. The zero-order valence-electron chi connectivity index (χ0n) is 14.7. The molecule has 2 aliphatic heterocycles. The van der Waals surface area contributed by atoms with Crippen LogP contribution in [0.3, 0.4) is 0 Å². The van der Waals surface area contributed by atoms with E-state index in [4.69, 9.17) is 25.8 Å². The summed E-state index contributed by atoms with van der Waals surface area (Å²) in [7, 11) is 0. The van der Waals surface area contributed by atoms with Crippen LogP contribution in [0.15, 0.2) is 30.3 Å². The smallest absolute Gasteiger partial charge is 0.338 e. The molecule has 28 heavy (non-hydrogen) atoms. The molecule has 0 saturated carbocycles. The Kier molecular flexibility index (Phi) is 4.92. The largest absolute Gasteiger partial charge is 0.489 e. The van der Waals surface area contributed by atoms with Gasteiger partial charge < -0.3 is 19.5 Å². The first-order valence-electron chi connectivity index (χ1n) is 8.73. The third kappa shape index (κ3) is 3.66. The van der Waals surface area contributed by atoms with Crippen molar-refractivity contribution < 1.29 is 28.6 Å². The lowest BCUT2D eigenvalue weighted by atomic mass is 10.1. The van der Waals surface area contributed by atoms with Gasteiger partial charge in [0.15, 0.2) is 23.9 Å². The number of amides is 1. The topological polar surface area (TPSA) is 90.9 Å². The van der Waals surface area contributed by atoms with Gasteiger partial charge in [0.25, 0.3) is 0 Å². The summed E-state index contributed by atoms with van der Waals surface area (Å²) < 4.78 is 16.2. The molecular weight excluding hydrogens is 386 g/mol. The van der Waals surface area contributed by atoms with Gasteiger partial charge in [-0.1, -0.05) is 11.6 Å². The molecule has 0 bridgehead atoms. The Morgan fingerprint density at radius 3 is 2.79 bits per heavy atom. The first kappa shape index (κ1) is 18.3. The normalized spacial score (nSPS) is 14.7. The van der Waals surface area contributed by atoms with Crippen molar-refractivity contribution in [1.29, 1.82) is 0 Å². The van der Waals surface area contributed by atoms with Crippen molar-refractivity contribution >= 4 is 34.9 Å². The number of ketones is 1. The van der Waals surface area contributed by atoms with E-state index in [0.29, 0.717) is 42.4 Å². The van der Waals surface area contributed by atoms with Crippen LogP contribution in [0.5, 0.6) is 11.5 Å². The molecule has 2 aromatic rings. The highest BCUT2D eigenvalue weighted by Crippen LogP contribution is 2.38. The second-order valence-electron chi connectivity index (χ2n) is 6.43. The molecule has 0 aliphatic carbocycles. The summed E-state index contributed by atoms with van der Waals surface area (Å²) in [6, 6.07) is 7.80. The van der Waals surface area contributed by atoms with Crippen LogP contribution in [-0.4, -0.2) is 37.5 Å². The molecule has 0 fully saturated rings. The van der Waals surface area contributed by atoms with Crippen LogP contribution in [0, 0.1) is 0 Å². The van der Waals surface area contributed by atoms with E-state index in [0.717, 1.165) is 5.56 Å². The van der Waals surface area contributed by atoms with Crippen molar-refractivity contribution in [2.24, 2.45) is 0 Å². The molecule has 144 valence electrons. The van der Waals surface area contributed by atoms with Gasteiger partial charge in [-0.15, -0.1) is 0 Å². The summed E-state index contributed by atoms with van der Waals surface area (Å²) in [5, 5.41) is 2.94. The highest BCUT2D eigenvalue weighted by atomic mass is 35.5. The maximum Gasteiger partial charge on any atom is 0.338 e. The van der Waals surface area contributed by atoms with Gasteiger partial charge in [0.05, 0.1) is 30.2 Å². The number of ether oxygens (including phenoxy) is 3. The first-order chi connectivity index (χ1) is 13.5. The number of Topliss-reactive ketones (excluding diaryl/α,β-unsaturated/α-hetero) is 1. The molecule has 4 rings (SSSR count). The van der Waals surface area contributed by atoms with Gasteiger partial charge >= 0.3 is 5.97 Å². The van der Waals surface area contributed by atoms with Crippen LogP contribution in [0.25, 0.3) is 0 Å². The van der Waals surface area contributed by atoms with Crippen molar-refractivity contribution in [3.63, 3.8) is 0 Å². The quantitative estimate of drug-likeness (QED) is 0.625. The monoisotopic (exact) mass is 401 g/mol. The van der Waals surface area contributed by atoms with Crippen LogP contribution in [0.4, 0.5) is 5.69 Å². The van der Waals surface area contributed by atoms with Gasteiger partial charge in [-0.3, -0.25) is 9.59 Å². The number of rotatable bonds is 4. The number of nitrogens with one attached hydrogen (secondary N) is 1. The molecule has 1 N–H and O–H groups in total. The van der Waals surface area contributed by atoms with E-state index in [1.807, 2.05) is 0 Å². The number of carbonyl (C=O) groups is 3. The lowest BCUT2D eigenvalue weighted by molar-refractivity contribution is -0.115. The molecule has 2 aliphatic rings. The third-order valence-corrected chi connectivity index (χ3v) is 4.71. The van der Waals surface area contributed by atoms with E-state index >= 15 is 0 Å². The van der Waals surface area contributed by atoms with E-state index < -0.39 is 12.6 Å². The lowest BCUT2D eigenvalue weighted by Crippen LogP contribution is -2.14. The van der Waals surface area contributed by atoms with Gasteiger partial charge in [-0.2, -0.15) is 0 Å². The fraction of sp³-hybridized carbons (Fsp3) is 0.250. The standard InChI is InChI=1S/C20H16ClNO6/c21-14-7-13(8-17-19(14)27-5-1-4-26-17)20(25)28-10-16(23)11-2-3-15-12(6-11)9-18(24)22-15/h2-3,6-8H,1,4-5,9-10H2,(H,22,24). The minimum absolute atomic E-state index is 0.114. The molecule has 0 unspecified atom stereocenters. The summed E-state index contributed by atoms with van der Waals surface area (Å²) in [5.41, 5.74) is 1.99. The second kappa shape index (κ2) is 7.52.